The molecule has 6 rings (SSSR count). The van der Waals surface area contributed by atoms with Crippen molar-refractivity contribution in [1.29, 1.82) is 5.26 Å². The first-order valence-corrected chi connectivity index (χ1v) is 14.8. The van der Waals surface area contributed by atoms with Gasteiger partial charge in [0.1, 0.15) is 23.2 Å². The highest BCUT2D eigenvalue weighted by Gasteiger charge is 2.41. The number of furan rings is 1. The molecule has 1 aromatic heterocycles. The highest BCUT2D eigenvalue weighted by atomic mass is 16.4. The average molecular weight is 577 g/mol. The van der Waals surface area contributed by atoms with Crippen molar-refractivity contribution in [3.05, 3.63) is 143 Å². The third-order valence-corrected chi connectivity index (χ3v) is 8.59. The minimum atomic E-state index is -1.28. The van der Waals surface area contributed by atoms with Crippen molar-refractivity contribution in [1.82, 2.24) is 0 Å². The fraction of sp³-hybridized carbons (Fsp3) is 0.128. The lowest BCUT2D eigenvalue weighted by atomic mass is 9.73. The van der Waals surface area contributed by atoms with Crippen molar-refractivity contribution >= 4 is 41.3 Å². The number of nitriles is 1. The maximum Gasteiger partial charge on any atom is 0.346 e. The molecule has 44 heavy (non-hydrogen) atoms. The normalized spacial score (nSPS) is 13.3. The maximum absolute atomic E-state index is 11.2. The van der Waals surface area contributed by atoms with Gasteiger partial charge in [-0.2, -0.15) is 5.26 Å². The molecule has 0 saturated heterocycles. The summed E-state index contributed by atoms with van der Waals surface area (Å²) in [5.74, 6) is -0.387. The van der Waals surface area contributed by atoms with Gasteiger partial charge in [0.15, 0.2) is 0 Å². The Kier molecular flexibility index (Phi) is 7.74. The van der Waals surface area contributed by atoms with E-state index in [2.05, 4.69) is 104 Å². The van der Waals surface area contributed by atoms with Gasteiger partial charge in [0.25, 0.3) is 0 Å². The van der Waals surface area contributed by atoms with Crippen LogP contribution in [0.3, 0.4) is 0 Å². The van der Waals surface area contributed by atoms with E-state index in [1.165, 1.54) is 28.3 Å². The fourth-order valence-corrected chi connectivity index (χ4v) is 6.35. The molecular weight excluding hydrogens is 544 g/mol. The van der Waals surface area contributed by atoms with E-state index in [1.54, 1.807) is 18.2 Å². The Morgan fingerprint density at radius 1 is 0.773 bits per heavy atom. The Bertz CT molecular complexity index is 1880. The molecule has 0 fully saturated rings. The van der Waals surface area contributed by atoms with Crippen LogP contribution in [0.1, 0.15) is 54.9 Å². The topological polar surface area (TPSA) is 77.5 Å². The molecule has 0 spiro atoms. The average Bonchev–Trinajstić information content (AvgIpc) is 3.63. The number of nitrogens with zero attached hydrogens (tertiary/aromatic N) is 2. The highest BCUT2D eigenvalue weighted by Crippen LogP contribution is 2.54. The van der Waals surface area contributed by atoms with Crippen LogP contribution in [0, 0.1) is 11.3 Å². The van der Waals surface area contributed by atoms with Gasteiger partial charge in [-0.25, -0.2) is 4.79 Å². The lowest BCUT2D eigenvalue weighted by molar-refractivity contribution is -0.132. The number of rotatable bonds is 9. The number of carbonyl (C=O) groups is 1. The van der Waals surface area contributed by atoms with Crippen LogP contribution in [0.2, 0.25) is 0 Å². The van der Waals surface area contributed by atoms with Crippen molar-refractivity contribution in [2.24, 2.45) is 0 Å². The van der Waals surface area contributed by atoms with E-state index < -0.39 is 5.97 Å². The zero-order chi connectivity index (χ0) is 30.7. The highest BCUT2D eigenvalue weighted by molar-refractivity contribution is 5.96. The molecule has 5 heteroatoms. The lowest BCUT2D eigenvalue weighted by Gasteiger charge is -2.32. The Morgan fingerprint density at radius 2 is 1.36 bits per heavy atom. The van der Waals surface area contributed by atoms with Crippen molar-refractivity contribution in [2.75, 3.05) is 4.90 Å². The van der Waals surface area contributed by atoms with E-state index in [4.69, 9.17) is 14.8 Å². The third kappa shape index (κ3) is 5.12. The van der Waals surface area contributed by atoms with Crippen LogP contribution in [-0.4, -0.2) is 11.1 Å². The number of fused-ring (bicyclic) bond motifs is 3. The van der Waals surface area contributed by atoms with Crippen molar-refractivity contribution in [3.63, 3.8) is 0 Å². The summed E-state index contributed by atoms with van der Waals surface area (Å²) in [4.78, 5) is 13.5. The summed E-state index contributed by atoms with van der Waals surface area (Å²) in [5.41, 5.74) is 9.12. The molecule has 0 aliphatic heterocycles. The molecule has 0 saturated carbocycles. The number of carboxylic acid groups (broad SMARTS) is 1. The maximum atomic E-state index is 11.2. The van der Waals surface area contributed by atoms with E-state index in [0.717, 1.165) is 35.5 Å². The molecular formula is C39H32N2O3. The first-order chi connectivity index (χ1) is 21.5. The predicted molar refractivity (Wildman–Crippen MR) is 177 cm³/mol. The minimum Gasteiger partial charge on any atom is -0.477 e. The van der Waals surface area contributed by atoms with E-state index in [9.17, 15) is 4.79 Å². The monoisotopic (exact) mass is 576 g/mol. The Morgan fingerprint density at radius 3 is 1.95 bits per heavy atom. The number of anilines is 3. The van der Waals surface area contributed by atoms with Gasteiger partial charge in [-0.1, -0.05) is 80.6 Å². The van der Waals surface area contributed by atoms with E-state index >= 15 is 0 Å². The van der Waals surface area contributed by atoms with Crippen LogP contribution in [-0.2, 0) is 10.2 Å². The number of para-hydroxylation sites is 2. The third-order valence-electron chi connectivity index (χ3n) is 8.59. The first-order valence-electron chi connectivity index (χ1n) is 14.8. The van der Waals surface area contributed by atoms with E-state index in [-0.39, 0.29) is 11.0 Å². The molecule has 0 radical (unpaired) electrons. The van der Waals surface area contributed by atoms with Crippen LogP contribution >= 0.6 is 0 Å². The molecule has 5 nitrogen and oxygen atoms in total. The van der Waals surface area contributed by atoms with Gasteiger partial charge in [0.05, 0.1) is 0 Å². The molecule has 5 aromatic rings. The molecule has 216 valence electrons. The number of aliphatic carboxylic acids is 1. The van der Waals surface area contributed by atoms with Crippen LogP contribution in [0.15, 0.2) is 119 Å². The zero-order valence-corrected chi connectivity index (χ0v) is 24.7. The SMILES string of the molecule is CCC1(CC)c2cc(/C=C/c3ccc(/C=C(/C#N)C(=O)O)o3)ccc2-c2ccc(N(c3ccccc3)c3ccccc3)cc21. The number of carboxylic acids is 1. The van der Waals surface area contributed by atoms with Crippen molar-refractivity contribution < 1.29 is 14.3 Å². The number of hydrogen-bond acceptors (Lipinski definition) is 4. The van der Waals surface area contributed by atoms with Gasteiger partial charge in [-0.15, -0.1) is 0 Å². The van der Waals surface area contributed by atoms with Crippen molar-refractivity contribution in [3.8, 4) is 17.2 Å². The van der Waals surface area contributed by atoms with Gasteiger partial charge < -0.3 is 14.4 Å². The largest absolute Gasteiger partial charge is 0.477 e. The van der Waals surface area contributed by atoms with Crippen LogP contribution < -0.4 is 4.90 Å². The number of hydrogen-bond donors (Lipinski definition) is 1. The summed E-state index contributed by atoms with van der Waals surface area (Å²) >= 11 is 0. The summed E-state index contributed by atoms with van der Waals surface area (Å²) < 4.78 is 5.74. The van der Waals surface area contributed by atoms with E-state index in [0.29, 0.717) is 11.5 Å². The summed E-state index contributed by atoms with van der Waals surface area (Å²) in [6.07, 6.45) is 7.04. The van der Waals surface area contributed by atoms with Gasteiger partial charge in [0, 0.05) is 28.6 Å². The second-order valence-corrected chi connectivity index (χ2v) is 10.9. The van der Waals surface area contributed by atoms with Gasteiger partial charge in [-0.3, -0.25) is 0 Å². The molecule has 1 N–H and O–H groups in total. The second kappa shape index (κ2) is 11.9. The number of benzene rings is 4. The van der Waals surface area contributed by atoms with Gasteiger partial charge >= 0.3 is 5.97 Å². The molecule has 4 aromatic carbocycles. The van der Waals surface area contributed by atoms with Crippen LogP contribution in [0.4, 0.5) is 17.1 Å². The molecule has 0 unspecified atom stereocenters. The first kappa shape index (κ1) is 28.5. The Balaban J connectivity index is 1.37. The molecule has 0 bridgehead atoms. The molecule has 1 aliphatic rings. The second-order valence-electron chi connectivity index (χ2n) is 10.9. The molecule has 0 amide bonds. The lowest BCUT2D eigenvalue weighted by Crippen LogP contribution is -2.23. The predicted octanol–water partition coefficient (Wildman–Crippen LogP) is 10.00. The summed E-state index contributed by atoms with van der Waals surface area (Å²) in [6.45, 7) is 4.54. The van der Waals surface area contributed by atoms with Crippen LogP contribution in [0.25, 0.3) is 29.4 Å². The zero-order valence-electron chi connectivity index (χ0n) is 24.7. The summed E-state index contributed by atoms with van der Waals surface area (Å²) in [6, 6.07) is 39.6. The van der Waals surface area contributed by atoms with E-state index in [1.807, 2.05) is 24.3 Å². The molecule has 0 atom stereocenters. The molecule has 1 aliphatic carbocycles. The van der Waals surface area contributed by atoms with Crippen molar-refractivity contribution in [2.45, 2.75) is 32.1 Å². The Hall–Kier alpha value is -5.60. The standard InChI is InChI=1S/C39H32N2O3/c1-3-39(4-2)36-23-27(15-18-32-19-20-33(44-32)24-28(26-40)38(42)43)16-21-34(36)35-22-17-31(25-37(35)39)41(29-11-7-5-8-12-29)30-13-9-6-10-14-30/h5-25H,3-4H2,1-2H3,(H,42,43)/b18-15+,28-24-. The summed E-state index contributed by atoms with van der Waals surface area (Å²) in [5, 5.41) is 18.1. The summed E-state index contributed by atoms with van der Waals surface area (Å²) in [7, 11) is 0. The smallest absolute Gasteiger partial charge is 0.346 e. The fourth-order valence-electron chi connectivity index (χ4n) is 6.35. The van der Waals surface area contributed by atoms with Crippen LogP contribution in [0.5, 0.6) is 0 Å². The Labute approximate surface area is 257 Å². The quantitative estimate of drug-likeness (QED) is 0.140. The molecule has 1 heterocycles. The van der Waals surface area contributed by atoms with Gasteiger partial charge in [0.2, 0.25) is 0 Å². The minimum absolute atomic E-state index is 0.128. The van der Waals surface area contributed by atoms with Gasteiger partial charge in [-0.05, 0) is 95.3 Å².